The zero-order chi connectivity index (χ0) is 15.8. The summed E-state index contributed by atoms with van der Waals surface area (Å²) in [4.78, 5) is 0. The monoisotopic (exact) mass is 296 g/mol. The van der Waals surface area contributed by atoms with E-state index in [4.69, 9.17) is 4.74 Å². The van der Waals surface area contributed by atoms with E-state index >= 15 is 0 Å². The third-order valence-electron chi connectivity index (χ3n) is 3.38. The molecule has 0 saturated heterocycles. The number of ether oxygens (including phenoxy) is 1. The van der Waals surface area contributed by atoms with Crippen molar-refractivity contribution >= 4 is 0 Å². The molecule has 0 spiro atoms. The number of benzene rings is 2. The van der Waals surface area contributed by atoms with Gasteiger partial charge in [-0.25, -0.2) is 0 Å². The van der Waals surface area contributed by atoms with Crippen molar-refractivity contribution in [3.8, 4) is 17.6 Å². The molecule has 0 radical (unpaired) electrons. The predicted molar refractivity (Wildman–Crippen MR) is 85.8 cm³/mol. The van der Waals surface area contributed by atoms with Crippen LogP contribution in [0.5, 0.6) is 11.5 Å². The van der Waals surface area contributed by atoms with Crippen molar-refractivity contribution in [2.45, 2.75) is 19.4 Å². The number of nitriles is 1. The molecule has 0 aliphatic carbocycles. The number of nitrogens with zero attached hydrogens (tertiary/aromatic N) is 1. The van der Waals surface area contributed by atoms with Crippen LogP contribution in [0.4, 0.5) is 0 Å². The van der Waals surface area contributed by atoms with Crippen molar-refractivity contribution in [2.24, 2.45) is 0 Å². The van der Waals surface area contributed by atoms with Gasteiger partial charge >= 0.3 is 0 Å². The molecular formula is C18H20N2O2. The van der Waals surface area contributed by atoms with E-state index in [0.29, 0.717) is 24.5 Å². The Hall–Kier alpha value is -2.51. The minimum Gasteiger partial charge on any atom is -0.504 e. The smallest absolute Gasteiger partial charge is 0.163 e. The molecule has 1 atom stereocenters. The van der Waals surface area contributed by atoms with Crippen molar-refractivity contribution < 1.29 is 9.84 Å². The van der Waals surface area contributed by atoms with E-state index < -0.39 is 6.04 Å². The van der Waals surface area contributed by atoms with Crippen molar-refractivity contribution in [3.63, 3.8) is 0 Å². The number of hydrogen-bond acceptors (Lipinski definition) is 4. The molecule has 2 N–H and O–H groups in total. The Bertz CT molecular complexity index is 635. The van der Waals surface area contributed by atoms with Gasteiger partial charge in [-0.15, -0.1) is 0 Å². The Morgan fingerprint density at radius 3 is 2.64 bits per heavy atom. The van der Waals surface area contributed by atoms with Crippen molar-refractivity contribution in [3.05, 3.63) is 59.7 Å². The molecule has 4 nitrogen and oxygen atoms in total. The molecule has 22 heavy (non-hydrogen) atoms. The highest BCUT2D eigenvalue weighted by Crippen LogP contribution is 2.33. The van der Waals surface area contributed by atoms with E-state index in [1.54, 1.807) is 18.2 Å². The minimum absolute atomic E-state index is 0.0307. The van der Waals surface area contributed by atoms with Gasteiger partial charge in [-0.3, -0.25) is 5.32 Å². The summed E-state index contributed by atoms with van der Waals surface area (Å²) in [5.41, 5.74) is 1.75. The summed E-state index contributed by atoms with van der Waals surface area (Å²) >= 11 is 0. The lowest BCUT2D eigenvalue weighted by Gasteiger charge is -2.15. The Kier molecular flexibility index (Phi) is 5.81. The largest absolute Gasteiger partial charge is 0.504 e. The van der Waals surface area contributed by atoms with Gasteiger partial charge in [-0.05, 0) is 25.0 Å². The molecule has 0 bridgehead atoms. The van der Waals surface area contributed by atoms with Crippen molar-refractivity contribution in [1.82, 2.24) is 5.32 Å². The second-order valence-corrected chi connectivity index (χ2v) is 4.88. The second kappa shape index (κ2) is 8.06. The topological polar surface area (TPSA) is 65.3 Å². The van der Waals surface area contributed by atoms with E-state index in [-0.39, 0.29) is 5.75 Å². The average Bonchev–Trinajstić information content (AvgIpc) is 2.55. The Balaban J connectivity index is 2.03. The van der Waals surface area contributed by atoms with E-state index in [1.807, 2.05) is 25.1 Å². The van der Waals surface area contributed by atoms with Crippen LogP contribution in [0.3, 0.4) is 0 Å². The van der Waals surface area contributed by atoms with E-state index in [2.05, 4.69) is 23.5 Å². The summed E-state index contributed by atoms with van der Waals surface area (Å²) in [6.45, 7) is 2.97. The van der Waals surface area contributed by atoms with Crippen LogP contribution in [-0.2, 0) is 6.42 Å². The van der Waals surface area contributed by atoms with Gasteiger partial charge in [0.2, 0.25) is 0 Å². The molecular weight excluding hydrogens is 276 g/mol. The second-order valence-electron chi connectivity index (χ2n) is 4.88. The summed E-state index contributed by atoms with van der Waals surface area (Å²) in [7, 11) is 0. The standard InChI is InChI=1S/C18H20N2O2/c1-2-22-17-10-6-9-15(18(17)21)16(13-19)20-12-11-14-7-4-3-5-8-14/h3-10,16,20-21H,2,11-12H2,1H3. The molecule has 2 aromatic rings. The Labute approximate surface area is 131 Å². The minimum atomic E-state index is -0.566. The van der Waals surface area contributed by atoms with E-state index in [1.165, 1.54) is 5.56 Å². The summed E-state index contributed by atoms with van der Waals surface area (Å²) in [6.07, 6.45) is 0.824. The first-order chi connectivity index (χ1) is 10.8. The third kappa shape index (κ3) is 4.00. The van der Waals surface area contributed by atoms with Gasteiger partial charge in [0.25, 0.3) is 0 Å². The van der Waals surface area contributed by atoms with Gasteiger partial charge < -0.3 is 9.84 Å². The molecule has 0 aliphatic rings. The number of phenolic OH excluding ortho intramolecular Hbond substituents is 1. The summed E-state index contributed by atoms with van der Waals surface area (Å²) in [6, 6.07) is 16.9. The fraction of sp³-hybridized carbons (Fsp3) is 0.278. The van der Waals surface area contributed by atoms with Gasteiger partial charge in [-0.1, -0.05) is 42.5 Å². The Morgan fingerprint density at radius 2 is 1.95 bits per heavy atom. The highest BCUT2D eigenvalue weighted by molar-refractivity contribution is 5.48. The van der Waals surface area contributed by atoms with Crippen LogP contribution in [0.1, 0.15) is 24.1 Å². The lowest BCUT2D eigenvalue weighted by molar-refractivity contribution is 0.315. The molecule has 2 aromatic carbocycles. The molecule has 0 amide bonds. The van der Waals surface area contributed by atoms with Gasteiger partial charge in [-0.2, -0.15) is 5.26 Å². The fourth-order valence-corrected chi connectivity index (χ4v) is 2.27. The van der Waals surface area contributed by atoms with Crippen molar-refractivity contribution in [2.75, 3.05) is 13.2 Å². The van der Waals surface area contributed by atoms with Crippen LogP contribution in [0, 0.1) is 11.3 Å². The molecule has 0 fully saturated rings. The first kappa shape index (κ1) is 15.9. The number of hydrogen-bond donors (Lipinski definition) is 2. The first-order valence-corrected chi connectivity index (χ1v) is 7.37. The van der Waals surface area contributed by atoms with Gasteiger partial charge in [0.05, 0.1) is 12.7 Å². The summed E-state index contributed by atoms with van der Waals surface area (Å²) in [5, 5.41) is 22.7. The van der Waals surface area contributed by atoms with Crippen LogP contribution in [0.25, 0.3) is 0 Å². The van der Waals surface area contributed by atoms with Crippen LogP contribution in [0.15, 0.2) is 48.5 Å². The van der Waals surface area contributed by atoms with Crippen molar-refractivity contribution in [1.29, 1.82) is 5.26 Å². The van der Waals surface area contributed by atoms with Gasteiger partial charge in [0, 0.05) is 12.1 Å². The zero-order valence-corrected chi connectivity index (χ0v) is 12.6. The quantitative estimate of drug-likeness (QED) is 0.823. The highest BCUT2D eigenvalue weighted by atomic mass is 16.5. The first-order valence-electron chi connectivity index (χ1n) is 7.37. The van der Waals surface area contributed by atoms with E-state index in [0.717, 1.165) is 6.42 Å². The van der Waals surface area contributed by atoms with Crippen LogP contribution >= 0.6 is 0 Å². The van der Waals surface area contributed by atoms with E-state index in [9.17, 15) is 10.4 Å². The number of rotatable bonds is 7. The fourth-order valence-electron chi connectivity index (χ4n) is 2.27. The maximum absolute atomic E-state index is 10.2. The summed E-state index contributed by atoms with van der Waals surface area (Å²) in [5.74, 6) is 0.438. The Morgan fingerprint density at radius 1 is 1.18 bits per heavy atom. The molecule has 2 rings (SSSR count). The molecule has 4 heteroatoms. The molecule has 0 aromatic heterocycles. The third-order valence-corrected chi connectivity index (χ3v) is 3.38. The predicted octanol–water partition coefficient (Wildman–Crippen LogP) is 3.19. The van der Waals surface area contributed by atoms with Crippen LogP contribution in [0.2, 0.25) is 0 Å². The highest BCUT2D eigenvalue weighted by Gasteiger charge is 2.17. The van der Waals surface area contributed by atoms with Crippen LogP contribution in [-0.4, -0.2) is 18.3 Å². The van der Waals surface area contributed by atoms with Crippen LogP contribution < -0.4 is 10.1 Å². The maximum atomic E-state index is 10.2. The van der Waals surface area contributed by atoms with Gasteiger partial charge in [0.15, 0.2) is 11.5 Å². The summed E-state index contributed by atoms with van der Waals surface area (Å²) < 4.78 is 5.36. The zero-order valence-electron chi connectivity index (χ0n) is 12.6. The number of nitrogens with one attached hydrogen (secondary N) is 1. The average molecular weight is 296 g/mol. The van der Waals surface area contributed by atoms with Gasteiger partial charge in [0.1, 0.15) is 6.04 Å². The number of para-hydroxylation sites is 1. The molecule has 0 saturated carbocycles. The normalized spacial score (nSPS) is 11.6. The maximum Gasteiger partial charge on any atom is 0.163 e. The molecule has 0 aliphatic heterocycles. The SMILES string of the molecule is CCOc1cccc(C(C#N)NCCc2ccccc2)c1O. The molecule has 114 valence electrons. The lowest BCUT2D eigenvalue weighted by atomic mass is 10.1. The molecule has 0 heterocycles. The lowest BCUT2D eigenvalue weighted by Crippen LogP contribution is -2.22. The molecule has 1 unspecified atom stereocenters. The number of aromatic hydroxyl groups is 1. The number of phenols is 1.